The van der Waals surface area contributed by atoms with Gasteiger partial charge in [0.25, 0.3) is 0 Å². The van der Waals surface area contributed by atoms with Gasteiger partial charge in [-0.05, 0) is 18.6 Å². The van der Waals surface area contributed by atoms with Crippen LogP contribution in [0.5, 0.6) is 5.75 Å². The highest BCUT2D eigenvalue weighted by Gasteiger charge is 2.18. The van der Waals surface area contributed by atoms with Crippen molar-refractivity contribution in [3.05, 3.63) is 34.7 Å². The first-order valence-electron chi connectivity index (χ1n) is 6.55. The number of thiazole rings is 1. The van der Waals surface area contributed by atoms with Crippen molar-refractivity contribution in [1.82, 2.24) is 4.98 Å². The second-order valence-electron chi connectivity index (χ2n) is 4.40. The number of nitrogens with zero attached hydrogens (tertiary/aromatic N) is 1. The molecular formula is C15H18NO2S2+. The summed E-state index contributed by atoms with van der Waals surface area (Å²) in [5, 5.41) is 2.39. The molecule has 0 N–H and O–H groups in total. The number of carbonyl (C=O) groups excluding carboxylic acids is 1. The number of rotatable bonds is 7. The number of unbranched alkanes of at least 4 members (excludes halogenated alkanes) is 1. The Balaban J connectivity index is 2.19. The van der Waals surface area contributed by atoms with Crippen molar-refractivity contribution in [1.29, 1.82) is 0 Å². The number of benzene rings is 1. The molecule has 0 aliphatic carbocycles. The van der Waals surface area contributed by atoms with Crippen LogP contribution < -0.4 is 4.18 Å². The molecule has 0 saturated heterocycles. The molecule has 1 heterocycles. The Bertz CT molecular complexity index is 569. The summed E-state index contributed by atoms with van der Waals surface area (Å²) < 4.78 is 6.05. The van der Waals surface area contributed by atoms with E-state index in [9.17, 15) is 4.79 Å². The average molecular weight is 308 g/mol. The Morgan fingerprint density at radius 3 is 2.90 bits per heavy atom. The minimum absolute atomic E-state index is 0.0938. The van der Waals surface area contributed by atoms with Gasteiger partial charge in [-0.1, -0.05) is 25.5 Å². The van der Waals surface area contributed by atoms with E-state index >= 15 is 0 Å². The van der Waals surface area contributed by atoms with Crippen LogP contribution in [-0.2, 0) is 11.2 Å². The van der Waals surface area contributed by atoms with E-state index in [1.165, 1.54) is 24.2 Å². The van der Waals surface area contributed by atoms with Crippen LogP contribution in [0.4, 0.5) is 0 Å². The van der Waals surface area contributed by atoms with Crippen LogP contribution in [-0.4, -0.2) is 23.3 Å². The molecule has 1 unspecified atom stereocenters. The molecule has 0 amide bonds. The number of aldehydes is 1. The van der Waals surface area contributed by atoms with Gasteiger partial charge in [-0.15, -0.1) is 11.3 Å². The molecule has 0 aliphatic rings. The fourth-order valence-electron chi connectivity index (χ4n) is 1.76. The minimum atomic E-state index is -0.0938. The van der Waals surface area contributed by atoms with Crippen molar-refractivity contribution in [3.8, 4) is 17.0 Å². The van der Waals surface area contributed by atoms with Gasteiger partial charge in [0.2, 0.25) is 0 Å². The molecule has 1 aromatic carbocycles. The van der Waals surface area contributed by atoms with E-state index in [1.54, 1.807) is 0 Å². The third kappa shape index (κ3) is 3.84. The van der Waals surface area contributed by atoms with Crippen molar-refractivity contribution < 1.29 is 8.98 Å². The largest absolute Gasteiger partial charge is 0.295 e. The topological polar surface area (TPSA) is 39.2 Å². The number of carbonyl (C=O) groups is 1. The fraction of sp³-hybridized carbons (Fsp3) is 0.333. The zero-order chi connectivity index (χ0) is 14.4. The first kappa shape index (κ1) is 15.1. The lowest BCUT2D eigenvalue weighted by Crippen LogP contribution is -2.13. The number of hydrogen-bond acceptors (Lipinski definition) is 4. The van der Waals surface area contributed by atoms with Gasteiger partial charge in [0, 0.05) is 10.9 Å². The molecule has 3 nitrogen and oxygen atoms in total. The zero-order valence-corrected chi connectivity index (χ0v) is 13.3. The number of hydrogen-bond donors (Lipinski definition) is 0. The number of aromatic nitrogens is 1. The summed E-state index contributed by atoms with van der Waals surface area (Å²) in [5.74, 6) is 1.92. The normalized spacial score (nSPS) is 12.1. The highest BCUT2D eigenvalue weighted by atomic mass is 32.2. The van der Waals surface area contributed by atoms with Gasteiger partial charge in [0.05, 0.1) is 5.69 Å². The van der Waals surface area contributed by atoms with E-state index in [0.29, 0.717) is 5.01 Å². The minimum Gasteiger partial charge on any atom is -0.295 e. The number of para-hydroxylation sites is 1. The third-order valence-corrected chi connectivity index (χ3v) is 4.90. The fourth-order valence-corrected chi connectivity index (χ4v) is 3.61. The van der Waals surface area contributed by atoms with Crippen LogP contribution in [0, 0.1) is 0 Å². The first-order valence-corrected chi connectivity index (χ1v) is 9.16. The lowest BCUT2D eigenvalue weighted by Gasteiger charge is -2.07. The summed E-state index contributed by atoms with van der Waals surface area (Å²) >= 11 is 1.26. The summed E-state index contributed by atoms with van der Waals surface area (Å²) in [4.78, 5) is 15.1. The van der Waals surface area contributed by atoms with Crippen molar-refractivity contribution in [2.75, 3.05) is 12.0 Å². The molecule has 5 heteroatoms. The van der Waals surface area contributed by atoms with Crippen LogP contribution >= 0.6 is 11.3 Å². The molecule has 106 valence electrons. The Morgan fingerprint density at radius 2 is 2.20 bits per heavy atom. The van der Waals surface area contributed by atoms with Crippen molar-refractivity contribution in [2.45, 2.75) is 19.8 Å². The Kier molecular flexibility index (Phi) is 5.61. The lowest BCUT2D eigenvalue weighted by molar-refractivity contribution is 0.112. The van der Waals surface area contributed by atoms with Crippen LogP contribution in [0.25, 0.3) is 11.3 Å². The quantitative estimate of drug-likeness (QED) is 0.574. The molecule has 0 radical (unpaired) electrons. The van der Waals surface area contributed by atoms with E-state index in [-0.39, 0.29) is 11.2 Å². The summed E-state index contributed by atoms with van der Waals surface area (Å²) in [6.45, 7) is 2.18. The smallest absolute Gasteiger partial charge is 0.196 e. The highest BCUT2D eigenvalue weighted by Crippen LogP contribution is 2.31. The van der Waals surface area contributed by atoms with E-state index < -0.39 is 0 Å². The first-order chi connectivity index (χ1) is 9.74. The summed E-state index contributed by atoms with van der Waals surface area (Å²) in [6.07, 6.45) is 5.25. The second kappa shape index (κ2) is 7.45. The monoisotopic (exact) mass is 308 g/mol. The Hall–Kier alpha value is -1.33. The van der Waals surface area contributed by atoms with Gasteiger partial charge in [-0.25, -0.2) is 4.98 Å². The van der Waals surface area contributed by atoms with Gasteiger partial charge in [0.1, 0.15) is 6.26 Å². The highest BCUT2D eigenvalue weighted by molar-refractivity contribution is 7.92. The Labute approximate surface area is 126 Å². The van der Waals surface area contributed by atoms with E-state index in [2.05, 4.69) is 18.2 Å². The lowest BCUT2D eigenvalue weighted by atomic mass is 10.1. The van der Waals surface area contributed by atoms with Crippen molar-refractivity contribution in [2.24, 2.45) is 0 Å². The molecule has 2 rings (SSSR count). The van der Waals surface area contributed by atoms with Gasteiger partial charge < -0.3 is 0 Å². The second-order valence-corrected chi connectivity index (χ2v) is 7.01. The molecule has 0 bridgehead atoms. The predicted molar refractivity (Wildman–Crippen MR) is 86.6 cm³/mol. The molecule has 0 aliphatic heterocycles. The molecule has 0 spiro atoms. The van der Waals surface area contributed by atoms with Gasteiger partial charge >= 0.3 is 0 Å². The average Bonchev–Trinajstić information content (AvgIpc) is 2.94. The maximum absolute atomic E-state index is 10.8. The van der Waals surface area contributed by atoms with Gasteiger partial charge in [-0.2, -0.15) is 0 Å². The Morgan fingerprint density at radius 1 is 1.40 bits per heavy atom. The van der Waals surface area contributed by atoms with Gasteiger partial charge in [-0.3, -0.25) is 8.98 Å². The molecule has 1 aromatic heterocycles. The molecule has 2 aromatic rings. The summed E-state index contributed by atoms with van der Waals surface area (Å²) in [5.41, 5.74) is 1.76. The molecule has 0 saturated carbocycles. The van der Waals surface area contributed by atoms with E-state index in [0.717, 1.165) is 29.0 Å². The van der Waals surface area contributed by atoms with Crippen molar-refractivity contribution in [3.63, 3.8) is 0 Å². The van der Waals surface area contributed by atoms with Gasteiger partial charge in [0.15, 0.2) is 34.0 Å². The van der Waals surface area contributed by atoms with Crippen LogP contribution in [0.3, 0.4) is 0 Å². The predicted octanol–water partition coefficient (Wildman–Crippen LogP) is 3.96. The summed E-state index contributed by atoms with van der Waals surface area (Å²) in [7, 11) is 0. The van der Waals surface area contributed by atoms with Crippen LogP contribution in [0.15, 0.2) is 29.6 Å². The third-order valence-electron chi connectivity index (χ3n) is 2.80. The molecular weight excluding hydrogens is 290 g/mol. The maximum atomic E-state index is 10.8. The van der Waals surface area contributed by atoms with E-state index in [1.807, 2.05) is 29.6 Å². The maximum Gasteiger partial charge on any atom is 0.196 e. The van der Waals surface area contributed by atoms with Crippen LogP contribution in [0.2, 0.25) is 0 Å². The zero-order valence-electron chi connectivity index (χ0n) is 11.7. The molecule has 1 atom stereocenters. The SMILES string of the molecule is CCCC[S+](C)Oc1ccccc1-c1csc(C=O)n1. The standard InChI is InChI=1S/C15H18NO2S2/c1-3-4-9-20(2)18-14-8-6-5-7-12(14)13-11-19-15(10-17)16-13/h5-8,10-11H,3-4,9H2,1-2H3/q+1. The van der Waals surface area contributed by atoms with Crippen molar-refractivity contribution >= 4 is 28.8 Å². The van der Waals surface area contributed by atoms with Crippen LogP contribution in [0.1, 0.15) is 29.6 Å². The summed E-state index contributed by atoms with van der Waals surface area (Å²) in [6, 6.07) is 7.87. The molecule has 0 fully saturated rings. The molecule has 20 heavy (non-hydrogen) atoms. The van der Waals surface area contributed by atoms with E-state index in [4.69, 9.17) is 4.18 Å².